The number of aliphatic carboxylic acids is 1. The number of ketones is 2. The zero-order chi connectivity index (χ0) is 51.6. The minimum absolute atomic E-state index is 0.00355. The molecule has 73 heavy (non-hydrogen) atoms. The number of hydrogen-bond acceptors (Lipinski definition) is 15. The molecular weight excluding hydrogens is 941 g/mol. The second-order valence-corrected chi connectivity index (χ2v) is 16.4. The first kappa shape index (κ1) is 50.3. The van der Waals surface area contributed by atoms with Crippen LogP contribution >= 0.6 is 0 Å². The van der Waals surface area contributed by atoms with E-state index in [0.717, 1.165) is 31.7 Å². The van der Waals surface area contributed by atoms with Gasteiger partial charge in [-0.2, -0.15) is 0 Å². The zero-order valence-electron chi connectivity index (χ0n) is 40.4. The fourth-order valence-electron chi connectivity index (χ4n) is 8.23. The monoisotopic (exact) mass is 992 g/mol. The van der Waals surface area contributed by atoms with Gasteiger partial charge in [0.1, 0.15) is 24.2 Å². The second kappa shape index (κ2) is 22.7. The molecule has 0 spiro atoms. The topological polar surface area (TPSA) is 282 Å². The van der Waals surface area contributed by atoms with Gasteiger partial charge in [0.2, 0.25) is 0 Å². The molecule has 0 aliphatic carbocycles. The highest BCUT2D eigenvalue weighted by atomic mass is 16.5. The van der Waals surface area contributed by atoms with Crippen LogP contribution in [0.25, 0.3) is 33.4 Å². The number of carboxylic acid groups (broad SMARTS) is 1. The summed E-state index contributed by atoms with van der Waals surface area (Å²) in [5, 5.41) is 21.7. The van der Waals surface area contributed by atoms with Crippen LogP contribution in [0.4, 0.5) is 0 Å². The quantitative estimate of drug-likeness (QED) is 0.101. The molecule has 0 unspecified atom stereocenters. The van der Waals surface area contributed by atoms with Crippen molar-refractivity contribution in [3.63, 3.8) is 0 Å². The standard InChI is InChI=1S/C25H25N7O4.C14H13N5O4.C11H14N2O/c1-3-19-28-15-32(29-19)23-21-20(18(36-2)14-27-23)17(13-26-21)22(33)25(35)31-11-9-30(10-12-31)24(34)16-7-5-4-6-8-16;1-3-9-17-6-19(18-9)13-11-10(8(23-2)5-16-13)7(4-15-11)12(20)14(21)22;14-11(10-4-2-1-3-5-10)13-8-6-12-7-9-13/h4-8,13-15,26H,3,9-12H2,1-2H3;4-6,15H,3H2,1-2H3,(H,21,22);1-5,12H,6-9H2. The molecule has 376 valence electrons. The molecule has 0 saturated carbocycles. The smallest absolute Gasteiger partial charge is 0.377 e. The van der Waals surface area contributed by atoms with Crippen molar-refractivity contribution in [1.82, 2.24) is 69.5 Å². The molecule has 0 radical (unpaired) electrons. The van der Waals surface area contributed by atoms with Crippen LogP contribution in [0.2, 0.25) is 0 Å². The molecule has 0 bridgehead atoms. The summed E-state index contributed by atoms with van der Waals surface area (Å²) >= 11 is 0. The number of methoxy groups -OCH3 is 2. The number of fused-ring (bicyclic) bond motifs is 2. The number of nitrogens with one attached hydrogen (secondary N) is 3. The van der Waals surface area contributed by atoms with Crippen molar-refractivity contribution in [2.24, 2.45) is 0 Å². The lowest BCUT2D eigenvalue weighted by molar-refractivity contribution is -0.131. The molecule has 0 atom stereocenters. The molecule has 2 saturated heterocycles. The number of aryl methyl sites for hydroxylation is 2. The number of amides is 3. The van der Waals surface area contributed by atoms with E-state index in [-0.39, 0.29) is 36.0 Å². The van der Waals surface area contributed by atoms with Gasteiger partial charge in [0.05, 0.1) is 59.5 Å². The van der Waals surface area contributed by atoms with Crippen LogP contribution in [-0.2, 0) is 22.4 Å². The third-order valence-electron chi connectivity index (χ3n) is 12.1. The lowest BCUT2D eigenvalue weighted by Gasteiger charge is -2.34. The summed E-state index contributed by atoms with van der Waals surface area (Å²) in [5.74, 6) is -1.00. The highest BCUT2D eigenvalue weighted by molar-refractivity contribution is 6.45. The zero-order valence-corrected chi connectivity index (χ0v) is 40.4. The van der Waals surface area contributed by atoms with E-state index in [0.29, 0.717) is 88.1 Å². The van der Waals surface area contributed by atoms with E-state index >= 15 is 0 Å². The first-order chi connectivity index (χ1) is 35.5. The Hall–Kier alpha value is -9.12. The van der Waals surface area contributed by atoms with Crippen LogP contribution < -0.4 is 14.8 Å². The van der Waals surface area contributed by atoms with Gasteiger partial charge in [-0.25, -0.2) is 34.1 Å². The van der Waals surface area contributed by atoms with Gasteiger partial charge in [0.15, 0.2) is 23.3 Å². The Labute approximate surface area is 417 Å². The maximum Gasteiger partial charge on any atom is 0.377 e. The number of rotatable bonds is 12. The van der Waals surface area contributed by atoms with E-state index in [4.69, 9.17) is 14.6 Å². The van der Waals surface area contributed by atoms with E-state index in [1.165, 1.54) is 59.6 Å². The minimum Gasteiger partial charge on any atom is -0.494 e. The Morgan fingerprint density at radius 1 is 0.575 bits per heavy atom. The molecule has 8 heterocycles. The summed E-state index contributed by atoms with van der Waals surface area (Å²) in [6.45, 7) is 8.55. The number of carbonyl (C=O) groups excluding carboxylic acids is 5. The summed E-state index contributed by atoms with van der Waals surface area (Å²) in [6.07, 6.45) is 10.1. The lowest BCUT2D eigenvalue weighted by Crippen LogP contribution is -2.52. The molecule has 10 rings (SSSR count). The molecule has 2 fully saturated rings. The first-order valence-corrected chi connectivity index (χ1v) is 23.4. The van der Waals surface area contributed by atoms with E-state index in [1.807, 2.05) is 67.3 Å². The fraction of sp³-hybridized carbons (Fsp3) is 0.280. The van der Waals surface area contributed by atoms with Crippen LogP contribution in [0, 0.1) is 0 Å². The van der Waals surface area contributed by atoms with E-state index < -0.39 is 23.4 Å². The molecule has 6 aromatic heterocycles. The Bertz CT molecular complexity index is 3280. The van der Waals surface area contributed by atoms with Gasteiger partial charge in [-0.1, -0.05) is 50.2 Å². The van der Waals surface area contributed by atoms with Crippen molar-refractivity contribution < 1.29 is 43.3 Å². The van der Waals surface area contributed by atoms with Crippen LogP contribution in [-0.4, -0.2) is 171 Å². The number of pyridine rings is 2. The van der Waals surface area contributed by atoms with Crippen molar-refractivity contribution in [3.8, 4) is 23.1 Å². The maximum absolute atomic E-state index is 13.3. The Morgan fingerprint density at radius 3 is 1.41 bits per heavy atom. The van der Waals surface area contributed by atoms with E-state index in [1.54, 1.807) is 23.4 Å². The average molecular weight is 993 g/mol. The van der Waals surface area contributed by atoms with E-state index in [2.05, 4.69) is 45.4 Å². The second-order valence-electron chi connectivity index (χ2n) is 16.4. The SMILES string of the molecule is CCc1ncn(-c2ncc(OC)c3c(C(=O)C(=O)N4CCN(C(=O)c5ccccc5)CC4)c[nH]c23)n1.CCc1ncn(-c2ncc(OC)c3c(C(=O)C(=O)O)c[nH]c23)n1.O=C(c1ccccc1)N1CCNCC1. The number of piperazine rings is 2. The van der Waals surface area contributed by atoms with Crippen molar-refractivity contribution in [2.75, 3.05) is 66.6 Å². The summed E-state index contributed by atoms with van der Waals surface area (Å²) < 4.78 is 13.6. The molecular formula is C50H52N14O9. The third kappa shape index (κ3) is 10.8. The molecule has 23 nitrogen and oxygen atoms in total. The number of nitrogens with zero attached hydrogens (tertiary/aromatic N) is 11. The number of aromatic nitrogens is 10. The number of carbonyl (C=O) groups is 6. The largest absolute Gasteiger partial charge is 0.494 e. The Kier molecular flexibility index (Phi) is 15.7. The Morgan fingerprint density at radius 2 is 1.00 bits per heavy atom. The normalized spacial score (nSPS) is 13.4. The van der Waals surface area contributed by atoms with Crippen molar-refractivity contribution in [2.45, 2.75) is 26.7 Å². The van der Waals surface area contributed by atoms with Crippen molar-refractivity contribution >= 4 is 57.1 Å². The summed E-state index contributed by atoms with van der Waals surface area (Å²) in [5.41, 5.74) is 2.53. The lowest BCUT2D eigenvalue weighted by atomic mass is 10.1. The first-order valence-electron chi connectivity index (χ1n) is 23.4. The number of ether oxygens (including phenoxy) is 2. The number of aromatic amines is 2. The van der Waals surface area contributed by atoms with Gasteiger partial charge in [-0.3, -0.25) is 24.0 Å². The Balaban J connectivity index is 0.000000163. The number of Topliss-reactive ketones (excluding diaryl/α,β-unsaturated/α-hetero) is 2. The van der Waals surface area contributed by atoms with Gasteiger partial charge in [0.25, 0.3) is 29.3 Å². The summed E-state index contributed by atoms with van der Waals surface area (Å²) in [4.78, 5) is 102. The van der Waals surface area contributed by atoms with Crippen LogP contribution in [0.3, 0.4) is 0 Å². The molecule has 8 aromatic rings. The highest BCUT2D eigenvalue weighted by Gasteiger charge is 2.32. The van der Waals surface area contributed by atoms with Crippen LogP contribution in [0.15, 0.2) is 98.1 Å². The minimum atomic E-state index is -1.54. The number of H-pyrrole nitrogens is 2. The van der Waals surface area contributed by atoms with E-state index in [9.17, 15) is 28.8 Å². The van der Waals surface area contributed by atoms with Crippen molar-refractivity contribution in [3.05, 3.63) is 132 Å². The van der Waals surface area contributed by atoms with Gasteiger partial charge in [-0.05, 0) is 24.3 Å². The van der Waals surface area contributed by atoms with Gasteiger partial charge in [-0.15, -0.1) is 10.2 Å². The third-order valence-corrected chi connectivity index (χ3v) is 12.1. The summed E-state index contributed by atoms with van der Waals surface area (Å²) in [7, 11) is 2.90. The molecule has 3 amide bonds. The molecule has 23 heteroatoms. The van der Waals surface area contributed by atoms with Crippen LogP contribution in [0.1, 0.15) is 66.9 Å². The van der Waals surface area contributed by atoms with Gasteiger partial charge in [0, 0.05) is 88.7 Å². The maximum atomic E-state index is 13.3. The van der Waals surface area contributed by atoms with Gasteiger partial charge < -0.3 is 44.6 Å². The van der Waals surface area contributed by atoms with Crippen LogP contribution in [0.5, 0.6) is 11.5 Å². The predicted molar refractivity (Wildman–Crippen MR) is 264 cm³/mol. The molecule has 4 N–H and O–H groups in total. The van der Waals surface area contributed by atoms with Gasteiger partial charge >= 0.3 is 5.97 Å². The highest BCUT2D eigenvalue weighted by Crippen LogP contribution is 2.33. The number of carboxylic acids is 1. The molecule has 2 aliphatic heterocycles. The number of benzene rings is 2. The predicted octanol–water partition coefficient (Wildman–Crippen LogP) is 3.60. The fourth-order valence-corrected chi connectivity index (χ4v) is 8.23. The molecule has 2 aliphatic rings. The average Bonchev–Trinajstić information content (AvgIpc) is 4.30. The number of hydrogen-bond donors (Lipinski definition) is 4. The summed E-state index contributed by atoms with van der Waals surface area (Å²) in [6, 6.07) is 18.5. The molecule has 2 aromatic carbocycles. The van der Waals surface area contributed by atoms with Crippen molar-refractivity contribution in [1.29, 1.82) is 0 Å².